The molecule has 0 spiro atoms. The second kappa shape index (κ2) is 8.93. The highest BCUT2D eigenvalue weighted by Crippen LogP contribution is 2.34. The maximum absolute atomic E-state index is 13.0. The summed E-state index contributed by atoms with van der Waals surface area (Å²) < 4.78 is 45.2. The van der Waals surface area contributed by atoms with Gasteiger partial charge in [0.05, 0.1) is 16.5 Å². The first-order chi connectivity index (χ1) is 14.8. The number of hydrogen-bond donors (Lipinski definition) is 1. The summed E-state index contributed by atoms with van der Waals surface area (Å²) in [6.45, 7) is 6.58. The molecular weight excluding hydrogens is 469 g/mol. The Morgan fingerprint density at radius 2 is 1.97 bits per heavy atom. The van der Waals surface area contributed by atoms with Gasteiger partial charge in [-0.25, -0.2) is 15.0 Å². The fraction of sp³-hybridized carbons (Fsp3) is 0.579. The molecular formula is C19H23F3N4O4S2. The molecule has 0 radical (unpaired) electrons. The quantitative estimate of drug-likeness (QED) is 0.486. The zero-order chi connectivity index (χ0) is 23.8. The van der Waals surface area contributed by atoms with Crippen LogP contribution in [0.3, 0.4) is 0 Å². The Labute approximate surface area is 189 Å². The molecule has 0 aromatic carbocycles. The summed E-state index contributed by atoms with van der Waals surface area (Å²) in [6, 6.07) is -0.230. The number of thiophene rings is 1. The average molecular weight is 493 g/mol. The number of nitrogens with one attached hydrogen (secondary N) is 1. The molecule has 2 aromatic heterocycles. The van der Waals surface area contributed by atoms with E-state index in [0.717, 1.165) is 15.9 Å². The van der Waals surface area contributed by atoms with Crippen molar-refractivity contribution < 1.29 is 22.7 Å². The Kier molecular flexibility index (Phi) is 6.80. The van der Waals surface area contributed by atoms with Crippen LogP contribution >= 0.6 is 23.1 Å². The SMILES string of the molecule is Cc1c(/C=N/NC(=O)OC(C)(C)C)sc2c1c(=O)n(C1CC1)c(=O)n2CCSC(F)(F)F. The van der Waals surface area contributed by atoms with Crippen LogP contribution in [-0.2, 0) is 11.3 Å². The predicted molar refractivity (Wildman–Crippen MR) is 119 cm³/mol. The molecule has 8 nitrogen and oxygen atoms in total. The number of nitrogens with zero attached hydrogens (tertiary/aromatic N) is 3. The first-order valence-corrected chi connectivity index (χ1v) is 11.6. The van der Waals surface area contributed by atoms with Crippen LogP contribution in [0.4, 0.5) is 18.0 Å². The lowest BCUT2D eigenvalue weighted by Gasteiger charge is -2.18. The number of carbonyl (C=O) groups is 1. The summed E-state index contributed by atoms with van der Waals surface area (Å²) in [7, 11) is 0. The predicted octanol–water partition coefficient (Wildman–Crippen LogP) is 3.98. The highest BCUT2D eigenvalue weighted by atomic mass is 32.2. The van der Waals surface area contributed by atoms with E-state index < -0.39 is 28.5 Å². The van der Waals surface area contributed by atoms with Gasteiger partial charge in [-0.2, -0.15) is 18.3 Å². The molecule has 1 aliphatic rings. The molecule has 2 aromatic rings. The van der Waals surface area contributed by atoms with Gasteiger partial charge in [-0.1, -0.05) is 0 Å². The Hall–Kier alpha value is -2.28. The first kappa shape index (κ1) is 24.4. The van der Waals surface area contributed by atoms with E-state index in [9.17, 15) is 27.6 Å². The molecule has 1 amide bonds. The molecule has 32 heavy (non-hydrogen) atoms. The minimum atomic E-state index is -4.41. The summed E-state index contributed by atoms with van der Waals surface area (Å²) in [5.41, 5.74) is -3.42. The summed E-state index contributed by atoms with van der Waals surface area (Å²) in [6.07, 6.45) is 1.92. The Morgan fingerprint density at radius 3 is 2.53 bits per heavy atom. The lowest BCUT2D eigenvalue weighted by Crippen LogP contribution is -2.39. The van der Waals surface area contributed by atoms with Gasteiger partial charge in [0.25, 0.3) is 5.56 Å². The third kappa shape index (κ3) is 5.74. The van der Waals surface area contributed by atoms with Gasteiger partial charge in [-0.05, 0) is 57.9 Å². The summed E-state index contributed by atoms with van der Waals surface area (Å²) in [5, 5.41) is 4.11. The molecule has 3 rings (SSSR count). The van der Waals surface area contributed by atoms with Crippen LogP contribution in [-0.4, -0.2) is 38.3 Å². The second-order valence-electron chi connectivity index (χ2n) is 8.28. The Morgan fingerprint density at radius 1 is 1.31 bits per heavy atom. The number of thioether (sulfide) groups is 1. The third-order valence-corrected chi connectivity index (χ3v) is 6.47. The topological polar surface area (TPSA) is 94.7 Å². The Bertz CT molecular complexity index is 1170. The maximum Gasteiger partial charge on any atom is 0.441 e. The number of halogens is 3. The van der Waals surface area contributed by atoms with Gasteiger partial charge in [-0.3, -0.25) is 13.9 Å². The molecule has 13 heteroatoms. The lowest BCUT2D eigenvalue weighted by atomic mass is 10.2. The lowest BCUT2D eigenvalue weighted by molar-refractivity contribution is -0.0328. The molecule has 0 unspecified atom stereocenters. The number of aryl methyl sites for hydroxylation is 2. The fourth-order valence-electron chi connectivity index (χ4n) is 3.05. The van der Waals surface area contributed by atoms with Gasteiger partial charge in [0.15, 0.2) is 0 Å². The van der Waals surface area contributed by atoms with E-state index in [1.54, 1.807) is 27.7 Å². The number of aromatic nitrogens is 2. The maximum atomic E-state index is 13.0. The normalized spacial score (nSPS) is 15.0. The smallest absolute Gasteiger partial charge is 0.441 e. The van der Waals surface area contributed by atoms with E-state index in [1.807, 2.05) is 0 Å². The number of rotatable bonds is 6. The van der Waals surface area contributed by atoms with Crippen molar-refractivity contribution in [2.45, 2.75) is 64.2 Å². The highest BCUT2D eigenvalue weighted by Gasteiger charge is 2.31. The van der Waals surface area contributed by atoms with E-state index in [4.69, 9.17) is 4.74 Å². The van der Waals surface area contributed by atoms with Gasteiger partial charge in [0, 0.05) is 18.3 Å². The standard InChI is InChI=1S/C19H23F3N4O4S2/c1-10-12(9-23-24-16(28)30-18(2,3)4)32-15-13(10)14(27)26(11-5-6-11)17(29)25(15)7-8-31-19(20,21)22/h9,11H,5-8H2,1-4H3,(H,24,28)/b23-9+. The van der Waals surface area contributed by atoms with Crippen molar-refractivity contribution in [3.63, 3.8) is 0 Å². The van der Waals surface area contributed by atoms with Crippen molar-refractivity contribution in [3.8, 4) is 0 Å². The van der Waals surface area contributed by atoms with Crippen LogP contribution in [0.2, 0.25) is 0 Å². The Balaban J connectivity index is 1.98. The van der Waals surface area contributed by atoms with Gasteiger partial charge in [0.2, 0.25) is 0 Å². The van der Waals surface area contributed by atoms with Gasteiger partial charge in [-0.15, -0.1) is 11.3 Å². The monoisotopic (exact) mass is 492 g/mol. The molecule has 0 aliphatic heterocycles. The first-order valence-electron chi connectivity index (χ1n) is 9.79. The van der Waals surface area contributed by atoms with Crippen LogP contribution in [0.1, 0.15) is 50.1 Å². The van der Waals surface area contributed by atoms with Crippen molar-refractivity contribution in [2.75, 3.05) is 5.75 Å². The van der Waals surface area contributed by atoms with E-state index >= 15 is 0 Å². The minimum absolute atomic E-state index is 0.195. The minimum Gasteiger partial charge on any atom is -0.443 e. The molecule has 0 saturated heterocycles. The largest absolute Gasteiger partial charge is 0.443 e. The van der Waals surface area contributed by atoms with E-state index in [0.29, 0.717) is 23.3 Å². The zero-order valence-electron chi connectivity index (χ0n) is 17.9. The van der Waals surface area contributed by atoms with Crippen molar-refractivity contribution in [1.29, 1.82) is 0 Å². The van der Waals surface area contributed by atoms with Crippen LogP contribution in [0.15, 0.2) is 14.7 Å². The van der Waals surface area contributed by atoms with Crippen LogP contribution in [0, 0.1) is 6.92 Å². The number of hydrogen-bond acceptors (Lipinski definition) is 7. The molecule has 1 aliphatic carbocycles. The number of alkyl halides is 3. The van der Waals surface area contributed by atoms with Crippen molar-refractivity contribution in [3.05, 3.63) is 31.3 Å². The van der Waals surface area contributed by atoms with Crippen LogP contribution in [0.25, 0.3) is 10.2 Å². The van der Waals surface area contributed by atoms with Gasteiger partial charge < -0.3 is 4.74 Å². The molecule has 176 valence electrons. The number of fused-ring (bicyclic) bond motifs is 1. The van der Waals surface area contributed by atoms with Gasteiger partial charge in [0.1, 0.15) is 10.4 Å². The summed E-state index contributed by atoms with van der Waals surface area (Å²) in [4.78, 5) is 38.5. The number of amides is 1. The molecule has 0 atom stereocenters. The molecule has 0 bridgehead atoms. The zero-order valence-corrected chi connectivity index (χ0v) is 19.5. The average Bonchev–Trinajstić information content (AvgIpc) is 3.40. The molecule has 2 heterocycles. The van der Waals surface area contributed by atoms with Crippen LogP contribution < -0.4 is 16.7 Å². The van der Waals surface area contributed by atoms with Gasteiger partial charge >= 0.3 is 17.3 Å². The molecule has 1 fully saturated rings. The molecule has 1 N–H and O–H groups in total. The second-order valence-corrected chi connectivity index (χ2v) is 10.5. The van der Waals surface area contributed by atoms with Crippen molar-refractivity contribution >= 4 is 45.6 Å². The van der Waals surface area contributed by atoms with E-state index in [1.165, 1.54) is 10.8 Å². The molecule has 1 saturated carbocycles. The summed E-state index contributed by atoms with van der Waals surface area (Å²) in [5.74, 6) is -0.359. The van der Waals surface area contributed by atoms with Crippen LogP contribution in [0.5, 0.6) is 0 Å². The highest BCUT2D eigenvalue weighted by molar-refractivity contribution is 8.00. The summed E-state index contributed by atoms with van der Waals surface area (Å²) >= 11 is 0.842. The van der Waals surface area contributed by atoms with Crippen molar-refractivity contribution in [2.24, 2.45) is 5.10 Å². The van der Waals surface area contributed by atoms with E-state index in [2.05, 4.69) is 10.5 Å². The fourth-order valence-corrected chi connectivity index (χ4v) is 4.75. The van der Waals surface area contributed by atoms with Crippen molar-refractivity contribution in [1.82, 2.24) is 14.6 Å². The third-order valence-electron chi connectivity index (χ3n) is 4.51. The number of carbonyl (C=O) groups excluding carboxylic acids is 1. The number of ether oxygens (including phenoxy) is 1. The van der Waals surface area contributed by atoms with E-state index in [-0.39, 0.29) is 40.3 Å². The number of hydrazone groups is 1.